The summed E-state index contributed by atoms with van der Waals surface area (Å²) in [4.78, 5) is 33.2. The summed E-state index contributed by atoms with van der Waals surface area (Å²) in [6.45, 7) is 14.3. The van der Waals surface area contributed by atoms with E-state index in [0.29, 0.717) is 25.0 Å². The quantitative estimate of drug-likeness (QED) is 0.0217. The van der Waals surface area contributed by atoms with Crippen LogP contribution in [-0.2, 0) is 31.9 Å². The van der Waals surface area contributed by atoms with Crippen LogP contribution in [0.1, 0.15) is 287 Å². The molecule has 0 bridgehead atoms. The molecule has 2 atom stereocenters. The summed E-state index contributed by atoms with van der Waals surface area (Å²) in [6, 6.07) is 8.96. The number of thiophene rings is 6. The highest BCUT2D eigenvalue weighted by molar-refractivity contribution is 7.46. The van der Waals surface area contributed by atoms with Crippen LogP contribution in [0.15, 0.2) is 36.4 Å². The van der Waals surface area contributed by atoms with E-state index in [4.69, 9.17) is 9.47 Å². The Labute approximate surface area is 516 Å². The lowest BCUT2D eigenvalue weighted by molar-refractivity contribution is -0.139. The highest BCUT2D eigenvalue weighted by atomic mass is 32.1. The van der Waals surface area contributed by atoms with Crippen LogP contribution in [0, 0.1) is 11.8 Å². The number of ether oxygens (including phenoxy) is 2. The topological polar surface area (TPSA) is 52.6 Å². The summed E-state index contributed by atoms with van der Waals surface area (Å²) in [7, 11) is 0. The molecule has 81 heavy (non-hydrogen) atoms. The Bertz CT molecular complexity index is 2710. The number of fused-ring (bicyclic) bond motifs is 5. The zero-order valence-electron chi connectivity index (χ0n) is 51.4. The van der Waals surface area contributed by atoms with Crippen LogP contribution < -0.4 is 0 Å². The van der Waals surface area contributed by atoms with E-state index in [1.807, 2.05) is 46.2 Å². The summed E-state index contributed by atoms with van der Waals surface area (Å²) in [5.41, 5.74) is 3.07. The molecule has 6 aromatic rings. The Hall–Kier alpha value is -2.60. The Kier molecular flexibility index (Phi) is 33.3. The molecule has 6 heterocycles. The average molecular weight is 1220 g/mol. The summed E-state index contributed by atoms with van der Waals surface area (Å²) in [5, 5.41) is 0. The van der Waals surface area contributed by atoms with Crippen molar-refractivity contribution in [1.82, 2.24) is 0 Å². The fourth-order valence-electron chi connectivity index (χ4n) is 11.2. The van der Waals surface area contributed by atoms with Crippen LogP contribution in [0.5, 0.6) is 0 Å². The lowest BCUT2D eigenvalue weighted by Crippen LogP contribution is -2.12. The standard InChI is InChI=1S/C71H106O4S6/c1-7-12-15-17-19-21-23-25-27-29-31-33-35-37-39-42-58-64(60-48-44-56(76-60)46-50-62(72)74-52-54(6)10-4)78-68-66(58)80-71-69-67(81-70(68)71)59(43-40-38-36-34-32-30-28-26-24-22-20-18-16-13-8-2)65(79-69)61-49-45-57(77-61)47-51-63(73)75-53-55(11-5)41-14-9-3/h44-51,54-55H,7-43,52-53H2,1-6H3/b50-46+,51-47+. The third kappa shape index (κ3) is 23.3. The maximum Gasteiger partial charge on any atom is 0.330 e. The number of hydrogen-bond acceptors (Lipinski definition) is 10. The van der Waals surface area contributed by atoms with E-state index in [1.165, 1.54) is 264 Å². The molecule has 4 nitrogen and oxygen atoms in total. The number of carbonyl (C=O) groups excluding carboxylic acids is 2. The van der Waals surface area contributed by atoms with E-state index < -0.39 is 0 Å². The SMILES string of the molecule is CCCCCCCCCCCCCCCCCc1c(-c2ccc(/C=C/C(=O)OCC(C)CC)s2)sc2c1sc1c3sc(-c4ccc(/C=C/C(=O)OCC(CC)CCCC)s4)c(CCCCCCCCCCCCCCCCC)c3sc21. The smallest absolute Gasteiger partial charge is 0.330 e. The van der Waals surface area contributed by atoms with Gasteiger partial charge in [-0.25, -0.2) is 9.59 Å². The number of aryl methyl sites for hydroxylation is 2. The second kappa shape index (κ2) is 39.9. The fraction of sp³-hybridized carbons (Fsp3) is 0.662. The second-order valence-electron chi connectivity index (χ2n) is 23.7. The fourth-order valence-corrected chi connectivity index (χ4v) is 19.5. The third-order valence-electron chi connectivity index (χ3n) is 16.7. The Balaban J connectivity index is 1.17. The van der Waals surface area contributed by atoms with Gasteiger partial charge < -0.3 is 9.47 Å². The molecule has 0 saturated carbocycles. The first-order chi connectivity index (χ1) is 39.8. The van der Waals surface area contributed by atoms with E-state index in [2.05, 4.69) is 88.5 Å². The molecule has 2 unspecified atom stereocenters. The van der Waals surface area contributed by atoms with Gasteiger partial charge in [0, 0.05) is 41.4 Å². The van der Waals surface area contributed by atoms with Gasteiger partial charge in [-0.05, 0) is 91.5 Å². The molecule has 0 fully saturated rings. The van der Waals surface area contributed by atoms with Gasteiger partial charge >= 0.3 is 11.9 Å². The van der Waals surface area contributed by atoms with Gasteiger partial charge in [-0.15, -0.1) is 68.0 Å². The predicted octanol–water partition coefficient (Wildman–Crippen LogP) is 26.1. The van der Waals surface area contributed by atoms with Crippen molar-refractivity contribution in [3.63, 3.8) is 0 Å². The maximum absolute atomic E-state index is 12.9. The Morgan fingerprint density at radius 1 is 0.395 bits per heavy atom. The van der Waals surface area contributed by atoms with E-state index in [0.717, 1.165) is 41.9 Å². The average Bonchev–Trinajstić information content (AvgIpc) is 4.08. The highest BCUT2D eigenvalue weighted by Crippen LogP contribution is 2.56. The molecule has 0 amide bonds. The van der Waals surface area contributed by atoms with Gasteiger partial charge in [-0.1, -0.05) is 247 Å². The Morgan fingerprint density at radius 3 is 1.10 bits per heavy atom. The molecule has 0 saturated heterocycles. The molecule has 0 spiro atoms. The van der Waals surface area contributed by atoms with Gasteiger partial charge in [0.15, 0.2) is 0 Å². The predicted molar refractivity (Wildman–Crippen MR) is 367 cm³/mol. The Morgan fingerprint density at radius 2 is 0.741 bits per heavy atom. The maximum atomic E-state index is 12.9. The minimum absolute atomic E-state index is 0.238. The van der Waals surface area contributed by atoms with Crippen molar-refractivity contribution in [2.75, 3.05) is 13.2 Å². The molecular formula is C71H106O4S6. The molecule has 0 aromatic carbocycles. The first-order valence-electron chi connectivity index (χ1n) is 33.1. The van der Waals surface area contributed by atoms with Gasteiger partial charge in [0.2, 0.25) is 0 Å². The zero-order valence-corrected chi connectivity index (χ0v) is 56.3. The van der Waals surface area contributed by atoms with Crippen molar-refractivity contribution in [2.45, 2.75) is 279 Å². The van der Waals surface area contributed by atoms with Gasteiger partial charge in [0.1, 0.15) is 0 Å². The van der Waals surface area contributed by atoms with E-state index in [9.17, 15) is 9.59 Å². The van der Waals surface area contributed by atoms with Crippen molar-refractivity contribution in [3.05, 3.63) is 57.3 Å². The van der Waals surface area contributed by atoms with Crippen molar-refractivity contribution < 1.29 is 19.1 Å². The monoisotopic (exact) mass is 1210 g/mol. The molecule has 0 N–H and O–H groups in total. The van der Waals surface area contributed by atoms with Crippen molar-refractivity contribution in [3.8, 4) is 19.5 Å². The third-order valence-corrected chi connectivity index (χ3v) is 24.8. The number of rotatable bonds is 47. The summed E-state index contributed by atoms with van der Waals surface area (Å²) >= 11 is 11.8. The number of carbonyl (C=O) groups is 2. The molecule has 0 radical (unpaired) electrons. The van der Waals surface area contributed by atoms with Gasteiger partial charge in [-0.3, -0.25) is 0 Å². The van der Waals surface area contributed by atoms with Crippen molar-refractivity contribution in [1.29, 1.82) is 0 Å². The molecule has 450 valence electrons. The lowest BCUT2D eigenvalue weighted by atomic mass is 10.0. The summed E-state index contributed by atoms with van der Waals surface area (Å²) in [6.07, 6.45) is 56.1. The summed E-state index contributed by atoms with van der Waals surface area (Å²) < 4.78 is 20.2. The molecule has 0 aliphatic rings. The molecule has 6 aromatic heterocycles. The molecule has 6 rings (SSSR count). The summed E-state index contributed by atoms with van der Waals surface area (Å²) in [5.74, 6) is 0.304. The molecule has 0 aliphatic carbocycles. The van der Waals surface area contributed by atoms with E-state index in [-0.39, 0.29) is 11.9 Å². The lowest BCUT2D eigenvalue weighted by Gasteiger charge is -2.13. The van der Waals surface area contributed by atoms with Crippen LogP contribution in [0.3, 0.4) is 0 Å². The molecule has 0 aliphatic heterocycles. The number of hydrogen-bond donors (Lipinski definition) is 0. The van der Waals surface area contributed by atoms with Crippen LogP contribution >= 0.6 is 68.0 Å². The number of esters is 2. The normalized spacial score (nSPS) is 12.9. The molecular weight excluding hydrogens is 1110 g/mol. The van der Waals surface area contributed by atoms with Gasteiger partial charge in [0.05, 0.1) is 41.4 Å². The van der Waals surface area contributed by atoms with Crippen molar-refractivity contribution >= 4 is 120 Å². The van der Waals surface area contributed by atoms with Crippen LogP contribution in [0.2, 0.25) is 0 Å². The minimum Gasteiger partial charge on any atom is -0.462 e. The largest absolute Gasteiger partial charge is 0.462 e. The second-order valence-corrected chi connectivity index (χ2v) is 30.0. The van der Waals surface area contributed by atoms with Crippen LogP contribution in [-0.4, -0.2) is 25.2 Å². The minimum atomic E-state index is -0.260. The van der Waals surface area contributed by atoms with Crippen LogP contribution in [0.25, 0.3) is 59.9 Å². The van der Waals surface area contributed by atoms with Crippen molar-refractivity contribution in [2.24, 2.45) is 11.8 Å². The number of unbranched alkanes of at least 4 members (excludes halogenated alkanes) is 29. The van der Waals surface area contributed by atoms with Crippen LogP contribution in [0.4, 0.5) is 0 Å². The van der Waals surface area contributed by atoms with E-state index in [1.54, 1.807) is 23.5 Å². The molecule has 10 heteroatoms. The first-order valence-corrected chi connectivity index (χ1v) is 38.0. The van der Waals surface area contributed by atoms with Gasteiger partial charge in [0.25, 0.3) is 0 Å². The highest BCUT2D eigenvalue weighted by Gasteiger charge is 2.26. The van der Waals surface area contributed by atoms with E-state index >= 15 is 0 Å². The van der Waals surface area contributed by atoms with Gasteiger partial charge in [-0.2, -0.15) is 0 Å². The first kappa shape index (κ1) is 67.5. The zero-order chi connectivity index (χ0) is 57.3.